The van der Waals surface area contributed by atoms with Gasteiger partial charge in [-0.1, -0.05) is 30.4 Å². The molecule has 1 aliphatic heterocycles. The number of fused-ring (bicyclic) bond motifs is 1. The molecule has 1 saturated heterocycles. The lowest BCUT2D eigenvalue weighted by atomic mass is 9.94. The van der Waals surface area contributed by atoms with E-state index in [0.717, 1.165) is 18.4 Å². The van der Waals surface area contributed by atoms with Crippen molar-refractivity contribution in [2.45, 2.75) is 68.7 Å². The highest BCUT2D eigenvalue weighted by Crippen LogP contribution is 2.48. The second-order valence-corrected chi connectivity index (χ2v) is 12.3. The summed E-state index contributed by atoms with van der Waals surface area (Å²) >= 11 is 0. The number of para-hydroxylation sites is 1. The zero-order valence-corrected chi connectivity index (χ0v) is 24.3. The molecular formula is C28H33N6O8P. The number of aromatic nitrogens is 3. The van der Waals surface area contributed by atoms with E-state index in [1.54, 1.807) is 30.3 Å². The summed E-state index contributed by atoms with van der Waals surface area (Å²) < 4.78 is 38.2. The molecule has 0 bridgehead atoms. The van der Waals surface area contributed by atoms with Gasteiger partial charge in [-0.3, -0.25) is 9.32 Å². The van der Waals surface area contributed by atoms with Gasteiger partial charge in [-0.2, -0.15) is 15.4 Å². The average molecular weight is 613 g/mol. The molecule has 0 radical (unpaired) electrons. The number of hydrogen-bond donors (Lipinski definition) is 4. The summed E-state index contributed by atoms with van der Waals surface area (Å²) in [6.45, 7) is 4.60. The van der Waals surface area contributed by atoms with E-state index in [1.165, 1.54) is 29.9 Å². The van der Waals surface area contributed by atoms with Gasteiger partial charge in [-0.15, -0.1) is 0 Å². The minimum atomic E-state index is -4.43. The Bertz CT molecular complexity index is 1570. The van der Waals surface area contributed by atoms with Crippen LogP contribution in [0.15, 0.2) is 60.9 Å². The summed E-state index contributed by atoms with van der Waals surface area (Å²) in [5.41, 5.74) is 5.54. The number of allylic oxidation sites excluding steroid dienone is 1. The second-order valence-electron chi connectivity index (χ2n) is 10.6. The molecular weight excluding hydrogens is 579 g/mol. The van der Waals surface area contributed by atoms with Crippen molar-refractivity contribution in [1.29, 1.82) is 5.26 Å². The summed E-state index contributed by atoms with van der Waals surface area (Å²) in [4.78, 5) is 16.8. The van der Waals surface area contributed by atoms with E-state index >= 15 is 0 Å². The lowest BCUT2D eigenvalue weighted by molar-refractivity contribution is -0.151. The molecule has 3 aromatic rings. The van der Waals surface area contributed by atoms with Crippen molar-refractivity contribution in [3.63, 3.8) is 0 Å². The molecule has 2 aromatic heterocycles. The molecule has 0 amide bonds. The lowest BCUT2D eigenvalue weighted by Gasteiger charge is -2.29. The van der Waals surface area contributed by atoms with Crippen LogP contribution in [0.5, 0.6) is 5.75 Å². The van der Waals surface area contributed by atoms with Crippen molar-refractivity contribution in [2.75, 3.05) is 12.3 Å². The van der Waals surface area contributed by atoms with Gasteiger partial charge in [0.25, 0.3) is 0 Å². The van der Waals surface area contributed by atoms with Gasteiger partial charge < -0.3 is 29.9 Å². The first-order chi connectivity index (χ1) is 20.5. The molecule has 43 heavy (non-hydrogen) atoms. The number of esters is 1. The fourth-order valence-corrected chi connectivity index (χ4v) is 6.56. The zero-order valence-electron chi connectivity index (χ0n) is 23.4. The Labute approximate surface area is 247 Å². The Morgan fingerprint density at radius 3 is 2.72 bits per heavy atom. The largest absolute Gasteiger partial charge is 0.461 e. The Hall–Kier alpha value is -3.83. The minimum absolute atomic E-state index is 0.151. The summed E-state index contributed by atoms with van der Waals surface area (Å²) in [6.07, 6.45) is -0.919. The van der Waals surface area contributed by atoms with Gasteiger partial charge in [0.1, 0.15) is 60.7 Å². The van der Waals surface area contributed by atoms with Gasteiger partial charge in [-0.25, -0.2) is 14.1 Å². The standard InChI is InChI=1S/C28H33N6O8P/c1-17-8-10-19(11-9-17)40-27(37)18(2)33-43(38,42-20-6-4-3-5-7-20)39-15-28(14-29)25(36)23(35)24(41-28)21-12-13-22-26(30)31-16-32-34(21)22/h3-7,12-13,16,18-19,23-25,35-36H,1,8-11,15H2,2H3,(H,33,38)(H2,30,31,32)/t18-,23-,24-,25-,28+,43-/m0/s1. The molecule has 2 fully saturated rings. The summed E-state index contributed by atoms with van der Waals surface area (Å²) in [6, 6.07) is 12.0. The summed E-state index contributed by atoms with van der Waals surface area (Å²) in [5, 5.41) is 38.7. The lowest BCUT2D eigenvalue weighted by Crippen LogP contribution is -2.46. The number of carbonyl (C=O) groups excluding carboxylic acids is 1. The molecule has 0 unspecified atom stereocenters. The molecule has 15 heteroatoms. The van der Waals surface area contributed by atoms with Crippen LogP contribution in [-0.4, -0.2) is 67.3 Å². The van der Waals surface area contributed by atoms with Gasteiger partial charge in [0.15, 0.2) is 5.82 Å². The maximum Gasteiger partial charge on any atom is 0.459 e. The molecule has 5 rings (SSSR count). The number of anilines is 1. The fraction of sp³-hybridized carbons (Fsp3) is 0.429. The first kappa shape index (κ1) is 30.6. The van der Waals surface area contributed by atoms with E-state index in [1.807, 2.05) is 6.07 Å². The van der Waals surface area contributed by atoms with Crippen molar-refractivity contribution in [3.05, 3.63) is 66.6 Å². The van der Waals surface area contributed by atoms with Gasteiger partial charge in [0.2, 0.25) is 5.60 Å². The number of nitrogens with two attached hydrogens (primary N) is 1. The van der Waals surface area contributed by atoms with E-state index in [9.17, 15) is 24.8 Å². The number of nitrogens with one attached hydrogen (secondary N) is 1. The number of carbonyl (C=O) groups is 1. The molecule has 3 heterocycles. The van der Waals surface area contributed by atoms with E-state index < -0.39 is 50.3 Å². The van der Waals surface area contributed by atoms with Crippen molar-refractivity contribution in [2.24, 2.45) is 0 Å². The third-order valence-corrected chi connectivity index (χ3v) is 9.11. The van der Waals surface area contributed by atoms with Crippen molar-refractivity contribution in [3.8, 4) is 11.8 Å². The van der Waals surface area contributed by atoms with Crippen LogP contribution in [0, 0.1) is 11.3 Å². The number of aliphatic hydroxyl groups is 2. The molecule has 1 aromatic carbocycles. The van der Waals surface area contributed by atoms with Crippen LogP contribution in [-0.2, 0) is 23.4 Å². The Balaban J connectivity index is 1.34. The van der Waals surface area contributed by atoms with Crippen LogP contribution in [0.3, 0.4) is 0 Å². The van der Waals surface area contributed by atoms with Crippen molar-refractivity contribution < 1.29 is 38.1 Å². The molecule has 6 atom stereocenters. The quantitative estimate of drug-likeness (QED) is 0.148. The fourth-order valence-electron chi connectivity index (χ4n) is 5.04. The first-order valence-corrected chi connectivity index (χ1v) is 15.3. The molecule has 5 N–H and O–H groups in total. The Morgan fingerprint density at radius 1 is 1.30 bits per heavy atom. The Morgan fingerprint density at radius 2 is 2.02 bits per heavy atom. The van der Waals surface area contributed by atoms with Crippen LogP contribution < -0.4 is 15.3 Å². The van der Waals surface area contributed by atoms with E-state index in [2.05, 4.69) is 21.7 Å². The number of nitriles is 1. The smallest absolute Gasteiger partial charge is 0.459 e. The van der Waals surface area contributed by atoms with E-state index in [-0.39, 0.29) is 23.4 Å². The third-order valence-electron chi connectivity index (χ3n) is 7.49. The van der Waals surface area contributed by atoms with Crippen LogP contribution in [0.1, 0.15) is 44.4 Å². The molecule has 228 valence electrons. The van der Waals surface area contributed by atoms with Crippen molar-refractivity contribution in [1.82, 2.24) is 19.7 Å². The number of rotatable bonds is 10. The molecule has 14 nitrogen and oxygen atoms in total. The number of hydrogen-bond acceptors (Lipinski definition) is 12. The predicted molar refractivity (Wildman–Crippen MR) is 152 cm³/mol. The third kappa shape index (κ3) is 6.42. The maximum absolute atomic E-state index is 14.0. The Kier molecular flexibility index (Phi) is 8.84. The normalized spacial score (nSPS) is 26.5. The van der Waals surface area contributed by atoms with Gasteiger partial charge >= 0.3 is 13.7 Å². The highest BCUT2D eigenvalue weighted by molar-refractivity contribution is 7.52. The SMILES string of the molecule is C=C1CCC(OC(=O)[C@H](C)N[P@](=O)(OC[C@@]2(C#N)O[C@@H](c3ccc4c(N)ncnn34)[C@H](O)[C@@H]2O)Oc2ccccc2)CC1. The topological polar surface area (TPSA) is 204 Å². The highest BCUT2D eigenvalue weighted by Gasteiger charge is 2.57. The van der Waals surface area contributed by atoms with Gasteiger partial charge in [0, 0.05) is 0 Å². The second kappa shape index (κ2) is 12.4. The highest BCUT2D eigenvalue weighted by atomic mass is 31.2. The van der Waals surface area contributed by atoms with Gasteiger partial charge in [-0.05, 0) is 56.9 Å². The number of nitrogens with zero attached hydrogens (tertiary/aromatic N) is 4. The maximum atomic E-state index is 14.0. The molecule has 2 aliphatic rings. The first-order valence-electron chi connectivity index (χ1n) is 13.7. The summed E-state index contributed by atoms with van der Waals surface area (Å²) in [5.74, 6) is -0.337. The number of nitrogen functional groups attached to an aromatic ring is 1. The van der Waals surface area contributed by atoms with Crippen LogP contribution in [0.4, 0.5) is 5.82 Å². The van der Waals surface area contributed by atoms with Gasteiger partial charge in [0.05, 0.1) is 5.69 Å². The van der Waals surface area contributed by atoms with Crippen LogP contribution >= 0.6 is 7.75 Å². The number of benzene rings is 1. The van der Waals surface area contributed by atoms with Crippen molar-refractivity contribution >= 4 is 25.1 Å². The average Bonchev–Trinajstić information content (AvgIpc) is 3.53. The summed E-state index contributed by atoms with van der Waals surface area (Å²) in [7, 11) is -4.43. The van der Waals surface area contributed by atoms with E-state index in [0.29, 0.717) is 18.4 Å². The number of ether oxygens (including phenoxy) is 2. The molecule has 1 saturated carbocycles. The predicted octanol–water partition coefficient (Wildman–Crippen LogP) is 2.59. The van der Waals surface area contributed by atoms with Crippen LogP contribution in [0.2, 0.25) is 0 Å². The molecule has 0 spiro atoms. The zero-order chi connectivity index (χ0) is 30.8. The van der Waals surface area contributed by atoms with E-state index in [4.69, 9.17) is 24.3 Å². The monoisotopic (exact) mass is 612 g/mol. The van der Waals surface area contributed by atoms with Crippen LogP contribution in [0.25, 0.3) is 5.52 Å². The number of aliphatic hydroxyl groups excluding tert-OH is 2. The minimum Gasteiger partial charge on any atom is -0.461 e. The molecule has 1 aliphatic carbocycles.